The van der Waals surface area contributed by atoms with Crippen LogP contribution in [0.1, 0.15) is 247 Å². The molecule has 0 aliphatic rings. The van der Waals surface area contributed by atoms with Gasteiger partial charge in [0.25, 0.3) is 0 Å². The van der Waals surface area contributed by atoms with Crippen molar-refractivity contribution in [1.82, 2.24) is 0 Å². The number of unbranched alkanes of at least 4 members (excludes halogenated alkanes) is 23. The monoisotopic (exact) mass is 1060 g/mol. The van der Waals surface area contributed by atoms with Gasteiger partial charge in [0.2, 0.25) is 0 Å². The highest BCUT2D eigenvalue weighted by atomic mass is 31.2. The highest BCUT2D eigenvalue weighted by molar-refractivity contribution is 7.47. The van der Waals surface area contributed by atoms with Gasteiger partial charge in [-0.2, -0.15) is 0 Å². The normalized spacial score (nSPS) is 15.0. The van der Waals surface area contributed by atoms with Crippen molar-refractivity contribution in [2.24, 2.45) is 5.92 Å². The molecular formula is C52H100O17P2. The van der Waals surface area contributed by atoms with Crippen LogP contribution in [0.15, 0.2) is 0 Å². The number of esters is 4. The van der Waals surface area contributed by atoms with E-state index in [1.54, 1.807) is 0 Å². The number of aliphatic hydroxyl groups is 1. The molecule has 0 bridgehead atoms. The Balaban J connectivity index is 5.19. The number of aliphatic hydroxyl groups excluding tert-OH is 1. The Morgan fingerprint density at radius 3 is 1.00 bits per heavy atom. The molecule has 0 saturated heterocycles. The molecule has 0 aromatic rings. The summed E-state index contributed by atoms with van der Waals surface area (Å²) in [4.78, 5) is 71.2. The van der Waals surface area contributed by atoms with E-state index in [2.05, 4.69) is 34.6 Å². The van der Waals surface area contributed by atoms with Crippen LogP contribution in [0.4, 0.5) is 0 Å². The summed E-state index contributed by atoms with van der Waals surface area (Å²) in [5.41, 5.74) is 0. The number of phosphoric acid groups is 2. The standard InChI is InChI=1S/C52H100O17P2/c1-6-10-13-16-19-25-30-35-49(54)62-41-47(68-51(56)37-32-27-21-18-15-12-8-3)43-66-70(58,59)64-39-46(53)40-65-71(60,61)67-44-48(42-63-50(55)36-31-26-20-17-14-11-7-2)69-52(57)38-33-28-23-22-24-29-34-45(5)9-4/h45-48,53H,6-44H2,1-5H3,(H,58,59)(H,60,61)/t45?,46-,47+,48+/m0/s1. The summed E-state index contributed by atoms with van der Waals surface area (Å²) in [6.45, 7) is 6.92. The van der Waals surface area contributed by atoms with Crippen LogP contribution in [-0.4, -0.2) is 96.7 Å². The summed E-state index contributed by atoms with van der Waals surface area (Å²) in [5.74, 6) is -1.45. The Morgan fingerprint density at radius 1 is 0.394 bits per heavy atom. The molecule has 3 N–H and O–H groups in total. The first-order valence-corrected chi connectivity index (χ1v) is 30.7. The molecule has 3 unspecified atom stereocenters. The van der Waals surface area contributed by atoms with E-state index in [1.807, 2.05) is 0 Å². The van der Waals surface area contributed by atoms with Crippen LogP contribution in [0.3, 0.4) is 0 Å². The molecule has 0 aromatic heterocycles. The van der Waals surface area contributed by atoms with Crippen LogP contribution < -0.4 is 0 Å². The van der Waals surface area contributed by atoms with E-state index in [-0.39, 0.29) is 25.7 Å². The molecule has 0 fully saturated rings. The fourth-order valence-electron chi connectivity index (χ4n) is 7.43. The van der Waals surface area contributed by atoms with Gasteiger partial charge in [0.1, 0.15) is 19.3 Å². The van der Waals surface area contributed by atoms with Gasteiger partial charge in [0.15, 0.2) is 12.2 Å². The molecule has 0 aliphatic heterocycles. The van der Waals surface area contributed by atoms with Crippen molar-refractivity contribution in [2.75, 3.05) is 39.6 Å². The summed E-state index contributed by atoms with van der Waals surface area (Å²) in [5, 5.41) is 10.4. The number of carbonyl (C=O) groups is 4. The van der Waals surface area contributed by atoms with Crippen molar-refractivity contribution in [3.8, 4) is 0 Å². The molecule has 19 heteroatoms. The highest BCUT2D eigenvalue weighted by Gasteiger charge is 2.30. The lowest BCUT2D eigenvalue weighted by molar-refractivity contribution is -0.161. The minimum absolute atomic E-state index is 0.102. The minimum Gasteiger partial charge on any atom is -0.462 e. The molecule has 17 nitrogen and oxygen atoms in total. The molecule has 0 aromatic carbocycles. The molecule has 0 spiro atoms. The first kappa shape index (κ1) is 69.1. The smallest absolute Gasteiger partial charge is 0.462 e. The molecule has 0 radical (unpaired) electrons. The zero-order valence-electron chi connectivity index (χ0n) is 44.8. The van der Waals surface area contributed by atoms with E-state index in [1.165, 1.54) is 32.1 Å². The average Bonchev–Trinajstić information content (AvgIpc) is 3.34. The molecule has 0 saturated carbocycles. The number of ether oxygens (including phenoxy) is 4. The maximum absolute atomic E-state index is 12.8. The van der Waals surface area contributed by atoms with Gasteiger partial charge >= 0.3 is 39.5 Å². The Hall–Kier alpha value is -1.94. The molecule has 420 valence electrons. The van der Waals surface area contributed by atoms with Crippen molar-refractivity contribution in [1.29, 1.82) is 0 Å². The Kier molecular flexibility index (Phi) is 45.3. The van der Waals surface area contributed by atoms with E-state index in [4.69, 9.17) is 37.0 Å². The molecular weight excluding hydrogens is 959 g/mol. The van der Waals surface area contributed by atoms with E-state index < -0.39 is 97.5 Å². The maximum atomic E-state index is 12.8. The van der Waals surface area contributed by atoms with Crippen molar-refractivity contribution in [3.05, 3.63) is 0 Å². The first-order valence-electron chi connectivity index (χ1n) is 27.7. The molecule has 0 rings (SSSR count). The largest absolute Gasteiger partial charge is 0.472 e. The van der Waals surface area contributed by atoms with Crippen LogP contribution in [0.2, 0.25) is 0 Å². The Morgan fingerprint density at radius 2 is 0.676 bits per heavy atom. The van der Waals surface area contributed by atoms with Gasteiger partial charge in [-0.05, 0) is 31.6 Å². The summed E-state index contributed by atoms with van der Waals surface area (Å²) in [6, 6.07) is 0. The van der Waals surface area contributed by atoms with Gasteiger partial charge in [-0.25, -0.2) is 9.13 Å². The van der Waals surface area contributed by atoms with Crippen molar-refractivity contribution in [3.63, 3.8) is 0 Å². The van der Waals surface area contributed by atoms with Crippen molar-refractivity contribution in [2.45, 2.75) is 265 Å². The Labute approximate surface area is 428 Å². The second kappa shape index (κ2) is 46.6. The van der Waals surface area contributed by atoms with Gasteiger partial charge in [0.05, 0.1) is 26.4 Å². The fraction of sp³-hybridized carbons (Fsp3) is 0.923. The predicted molar refractivity (Wildman–Crippen MR) is 275 cm³/mol. The lowest BCUT2D eigenvalue weighted by Crippen LogP contribution is -2.30. The molecule has 6 atom stereocenters. The van der Waals surface area contributed by atoms with Crippen LogP contribution in [0.25, 0.3) is 0 Å². The molecule has 71 heavy (non-hydrogen) atoms. The summed E-state index contributed by atoms with van der Waals surface area (Å²) in [6.07, 6.45) is 25.7. The SMILES string of the molecule is CCCCCCCCCC(=O)OC[C@H](COP(=O)(O)OC[C@H](O)COP(=O)(O)OC[C@@H](COC(=O)CCCCCCCCC)OC(=O)CCCCCCCCC(C)CC)OC(=O)CCCCCCCCC. The average molecular weight is 1060 g/mol. The highest BCUT2D eigenvalue weighted by Crippen LogP contribution is 2.45. The van der Waals surface area contributed by atoms with Crippen LogP contribution in [0.5, 0.6) is 0 Å². The zero-order valence-corrected chi connectivity index (χ0v) is 46.6. The van der Waals surface area contributed by atoms with Gasteiger partial charge in [0, 0.05) is 25.7 Å². The Bertz CT molecular complexity index is 1420. The number of carbonyl (C=O) groups excluding carboxylic acids is 4. The van der Waals surface area contributed by atoms with E-state index in [0.29, 0.717) is 25.7 Å². The number of hydrogen-bond donors (Lipinski definition) is 3. The second-order valence-electron chi connectivity index (χ2n) is 19.2. The zero-order chi connectivity index (χ0) is 52.9. The van der Waals surface area contributed by atoms with E-state index in [9.17, 15) is 43.2 Å². The third kappa shape index (κ3) is 46.3. The maximum Gasteiger partial charge on any atom is 0.472 e. The van der Waals surface area contributed by atoms with Crippen molar-refractivity contribution >= 4 is 39.5 Å². The third-order valence-corrected chi connectivity index (χ3v) is 14.0. The number of rotatable bonds is 52. The van der Waals surface area contributed by atoms with E-state index >= 15 is 0 Å². The number of hydrogen-bond acceptors (Lipinski definition) is 15. The molecule has 0 heterocycles. The summed E-state index contributed by atoms with van der Waals surface area (Å²) >= 11 is 0. The molecule has 0 amide bonds. The van der Waals surface area contributed by atoms with Gasteiger partial charge in [-0.1, -0.05) is 195 Å². The topological polar surface area (TPSA) is 237 Å². The molecule has 0 aliphatic carbocycles. The lowest BCUT2D eigenvalue weighted by Gasteiger charge is -2.21. The van der Waals surface area contributed by atoms with Crippen LogP contribution in [-0.2, 0) is 65.4 Å². The summed E-state index contributed by atoms with van der Waals surface area (Å²) < 4.78 is 67.2. The lowest BCUT2D eigenvalue weighted by atomic mass is 10.00. The number of phosphoric ester groups is 2. The predicted octanol–water partition coefficient (Wildman–Crippen LogP) is 13.1. The third-order valence-electron chi connectivity index (χ3n) is 12.1. The van der Waals surface area contributed by atoms with Crippen LogP contribution >= 0.6 is 15.6 Å². The van der Waals surface area contributed by atoms with Crippen molar-refractivity contribution < 1.29 is 80.2 Å². The van der Waals surface area contributed by atoms with Gasteiger partial charge in [-0.15, -0.1) is 0 Å². The second-order valence-corrected chi connectivity index (χ2v) is 22.1. The van der Waals surface area contributed by atoms with Crippen LogP contribution in [0, 0.1) is 5.92 Å². The fourth-order valence-corrected chi connectivity index (χ4v) is 9.01. The summed E-state index contributed by atoms with van der Waals surface area (Å²) in [7, 11) is -9.85. The first-order chi connectivity index (χ1) is 34.1. The van der Waals surface area contributed by atoms with E-state index in [0.717, 1.165) is 134 Å². The quantitative estimate of drug-likeness (QED) is 0.0222. The minimum atomic E-state index is -4.93. The van der Waals surface area contributed by atoms with Gasteiger partial charge < -0.3 is 33.8 Å². The van der Waals surface area contributed by atoms with Gasteiger partial charge in [-0.3, -0.25) is 37.3 Å².